The highest BCUT2D eigenvalue weighted by molar-refractivity contribution is 5.79. The molecule has 3 heteroatoms. The van der Waals surface area contributed by atoms with Crippen LogP contribution in [0.15, 0.2) is 5.21 Å². The quantitative estimate of drug-likeness (QED) is 0.484. The number of amidine groups is 1. The molecule has 0 spiro atoms. The van der Waals surface area contributed by atoms with E-state index in [1.54, 1.807) is 0 Å². The van der Waals surface area contributed by atoms with Crippen LogP contribution in [0, 0.1) is 0 Å². The standard InChI is InChI=1S/C5H11FN2.C2H6/c1-2-3-4-5(7)8-6;1-2/h2-4H2,1H3,(H2,7,8);1-2H3. The van der Waals surface area contributed by atoms with E-state index in [1.807, 2.05) is 20.8 Å². The summed E-state index contributed by atoms with van der Waals surface area (Å²) in [7, 11) is 0. The van der Waals surface area contributed by atoms with Crippen LogP contribution < -0.4 is 5.73 Å². The summed E-state index contributed by atoms with van der Waals surface area (Å²) in [5.74, 6) is 0.104. The summed E-state index contributed by atoms with van der Waals surface area (Å²) in [5, 5.41) is 2.32. The lowest BCUT2D eigenvalue weighted by Crippen LogP contribution is -2.09. The van der Waals surface area contributed by atoms with E-state index in [2.05, 4.69) is 5.21 Å². The van der Waals surface area contributed by atoms with Crippen molar-refractivity contribution in [3.63, 3.8) is 0 Å². The lowest BCUT2D eigenvalue weighted by atomic mass is 10.2. The lowest BCUT2D eigenvalue weighted by Gasteiger charge is -1.91. The summed E-state index contributed by atoms with van der Waals surface area (Å²) >= 11 is 0. The third-order valence-electron chi connectivity index (χ3n) is 0.895. The van der Waals surface area contributed by atoms with Crippen molar-refractivity contribution >= 4 is 5.84 Å². The van der Waals surface area contributed by atoms with Crippen LogP contribution in [0.5, 0.6) is 0 Å². The first-order valence-electron chi connectivity index (χ1n) is 3.74. The predicted octanol–water partition coefficient (Wildman–Crippen LogP) is 2.44. The Morgan fingerprint density at radius 1 is 1.50 bits per heavy atom. The fourth-order valence-electron chi connectivity index (χ4n) is 0.400. The van der Waals surface area contributed by atoms with E-state index in [0.717, 1.165) is 12.8 Å². The van der Waals surface area contributed by atoms with Crippen molar-refractivity contribution in [1.82, 2.24) is 0 Å². The Balaban J connectivity index is 0. The van der Waals surface area contributed by atoms with Gasteiger partial charge in [0.2, 0.25) is 0 Å². The maximum Gasteiger partial charge on any atom is 0.132 e. The van der Waals surface area contributed by atoms with Crippen LogP contribution in [-0.2, 0) is 0 Å². The van der Waals surface area contributed by atoms with E-state index in [4.69, 9.17) is 5.73 Å². The molecule has 0 unspecified atom stereocenters. The fourth-order valence-corrected chi connectivity index (χ4v) is 0.400. The molecule has 0 amide bonds. The third kappa shape index (κ3) is 10.4. The van der Waals surface area contributed by atoms with Gasteiger partial charge >= 0.3 is 0 Å². The van der Waals surface area contributed by atoms with E-state index in [1.165, 1.54) is 0 Å². The van der Waals surface area contributed by atoms with Gasteiger partial charge in [0.15, 0.2) is 0 Å². The van der Waals surface area contributed by atoms with Gasteiger partial charge in [-0.3, -0.25) is 0 Å². The van der Waals surface area contributed by atoms with Gasteiger partial charge in [-0.05, 0) is 6.42 Å². The van der Waals surface area contributed by atoms with Gasteiger partial charge in [0.05, 0.1) is 0 Å². The Morgan fingerprint density at radius 2 is 2.00 bits per heavy atom. The van der Waals surface area contributed by atoms with Crippen molar-refractivity contribution in [3.05, 3.63) is 0 Å². The predicted molar refractivity (Wildman–Crippen MR) is 43.6 cm³/mol. The molecule has 2 nitrogen and oxygen atoms in total. The summed E-state index contributed by atoms with van der Waals surface area (Å²) < 4.78 is 11.2. The molecule has 0 aliphatic heterocycles. The second kappa shape index (κ2) is 11.2. The molecule has 0 heterocycles. The molecule has 0 aromatic heterocycles. The highest BCUT2D eigenvalue weighted by Gasteiger charge is 1.88. The zero-order chi connectivity index (χ0) is 8.41. The van der Waals surface area contributed by atoms with Crippen molar-refractivity contribution in [3.8, 4) is 0 Å². The summed E-state index contributed by atoms with van der Waals surface area (Å²) in [6, 6.07) is 0. The Kier molecular flexibility index (Phi) is 13.6. The molecule has 0 atom stereocenters. The molecule has 0 radical (unpaired) electrons. The SMILES string of the molecule is CC.CCCC/C(N)=N\F. The van der Waals surface area contributed by atoms with Crippen LogP contribution in [-0.4, -0.2) is 5.84 Å². The number of halogens is 1. The van der Waals surface area contributed by atoms with Crippen molar-refractivity contribution in [2.45, 2.75) is 40.0 Å². The highest BCUT2D eigenvalue weighted by atomic mass is 19.2. The molecular weight excluding hydrogens is 131 g/mol. The maximum atomic E-state index is 11.2. The molecule has 0 aliphatic carbocycles. The molecule has 0 fully saturated rings. The van der Waals surface area contributed by atoms with Crippen LogP contribution >= 0.6 is 0 Å². The summed E-state index contributed by atoms with van der Waals surface area (Å²) in [6.07, 6.45) is 2.52. The Bertz CT molecular complexity index is 81.7. The topological polar surface area (TPSA) is 38.4 Å². The van der Waals surface area contributed by atoms with Gasteiger partial charge in [0, 0.05) is 6.42 Å². The number of unbranched alkanes of at least 4 members (excludes halogenated alkanes) is 1. The summed E-state index contributed by atoms with van der Waals surface area (Å²) in [6.45, 7) is 6.02. The van der Waals surface area contributed by atoms with Gasteiger partial charge in [-0.2, -0.15) is 0 Å². The van der Waals surface area contributed by atoms with Crippen LogP contribution in [0.1, 0.15) is 40.0 Å². The molecule has 0 rings (SSSR count). The average Bonchev–Trinajstić information content (AvgIpc) is 2.04. The second-order valence-corrected chi connectivity index (χ2v) is 1.68. The molecule has 0 aromatic carbocycles. The largest absolute Gasteiger partial charge is 0.385 e. The fraction of sp³-hybridized carbons (Fsp3) is 0.857. The Hall–Kier alpha value is -0.600. The maximum absolute atomic E-state index is 11.2. The molecule has 0 aliphatic rings. The van der Waals surface area contributed by atoms with Crippen molar-refractivity contribution in [2.75, 3.05) is 0 Å². The zero-order valence-corrected chi connectivity index (χ0v) is 7.02. The normalized spacial score (nSPS) is 10.2. The third-order valence-corrected chi connectivity index (χ3v) is 0.895. The van der Waals surface area contributed by atoms with Crippen LogP contribution in [0.2, 0.25) is 0 Å². The van der Waals surface area contributed by atoms with Gasteiger partial charge in [-0.1, -0.05) is 36.9 Å². The molecule has 0 saturated heterocycles. The van der Waals surface area contributed by atoms with E-state index in [0.29, 0.717) is 6.42 Å². The average molecular weight is 148 g/mol. The molecule has 10 heavy (non-hydrogen) atoms. The van der Waals surface area contributed by atoms with Gasteiger partial charge in [0.25, 0.3) is 0 Å². The van der Waals surface area contributed by atoms with E-state index >= 15 is 0 Å². The van der Waals surface area contributed by atoms with Crippen molar-refractivity contribution in [2.24, 2.45) is 10.9 Å². The number of nitrogens with zero attached hydrogens (tertiary/aromatic N) is 1. The lowest BCUT2D eigenvalue weighted by molar-refractivity contribution is 0.531. The number of hydrogen-bond donors (Lipinski definition) is 1. The van der Waals surface area contributed by atoms with Crippen LogP contribution in [0.3, 0.4) is 0 Å². The Labute approximate surface area is 62.3 Å². The monoisotopic (exact) mass is 148 g/mol. The smallest absolute Gasteiger partial charge is 0.132 e. The number of rotatable bonds is 3. The summed E-state index contributed by atoms with van der Waals surface area (Å²) in [5.41, 5.74) is 5.03. The first-order chi connectivity index (χ1) is 4.81. The second-order valence-electron chi connectivity index (χ2n) is 1.68. The van der Waals surface area contributed by atoms with E-state index in [9.17, 15) is 4.48 Å². The number of hydrogen-bond acceptors (Lipinski definition) is 1. The minimum atomic E-state index is 0.104. The minimum absolute atomic E-state index is 0.104. The molecule has 62 valence electrons. The molecule has 0 saturated carbocycles. The molecule has 0 aromatic rings. The minimum Gasteiger partial charge on any atom is -0.385 e. The van der Waals surface area contributed by atoms with Gasteiger partial charge in [0.1, 0.15) is 5.84 Å². The first kappa shape index (κ1) is 12.1. The Morgan fingerprint density at radius 3 is 2.30 bits per heavy atom. The van der Waals surface area contributed by atoms with Crippen molar-refractivity contribution < 1.29 is 4.48 Å². The molecule has 2 N–H and O–H groups in total. The zero-order valence-electron chi connectivity index (χ0n) is 7.02. The van der Waals surface area contributed by atoms with Gasteiger partial charge in [-0.25, -0.2) is 0 Å². The molecular formula is C7H17FN2. The van der Waals surface area contributed by atoms with Gasteiger partial charge < -0.3 is 5.73 Å². The van der Waals surface area contributed by atoms with E-state index in [-0.39, 0.29) is 5.84 Å². The number of nitrogens with two attached hydrogens (primary N) is 1. The van der Waals surface area contributed by atoms with E-state index < -0.39 is 0 Å². The summed E-state index contributed by atoms with van der Waals surface area (Å²) in [4.78, 5) is 0. The molecule has 0 bridgehead atoms. The van der Waals surface area contributed by atoms with Crippen LogP contribution in [0.4, 0.5) is 4.48 Å². The van der Waals surface area contributed by atoms with Crippen LogP contribution in [0.25, 0.3) is 0 Å². The van der Waals surface area contributed by atoms with Crippen molar-refractivity contribution in [1.29, 1.82) is 0 Å². The van der Waals surface area contributed by atoms with Gasteiger partial charge in [-0.15, -0.1) is 0 Å². The highest BCUT2D eigenvalue weighted by Crippen LogP contribution is 1.92. The first-order valence-corrected chi connectivity index (χ1v) is 3.74.